The molecule has 0 radical (unpaired) electrons. The molecule has 1 unspecified atom stereocenters. The number of hydrogen-bond acceptors (Lipinski definition) is 4. The number of nitrogens with zero attached hydrogens (tertiary/aromatic N) is 1. The van der Waals surface area contributed by atoms with Crippen LogP contribution in [0.25, 0.3) is 0 Å². The highest BCUT2D eigenvalue weighted by Crippen LogP contribution is 2.27. The molecule has 3 nitrogen and oxygen atoms in total. The van der Waals surface area contributed by atoms with Crippen LogP contribution in [0.3, 0.4) is 0 Å². The lowest BCUT2D eigenvalue weighted by Gasteiger charge is -2.28. The van der Waals surface area contributed by atoms with E-state index in [1.54, 1.807) is 7.11 Å². The SMILES string of the molecule is COc1ccc(C(N)=S)c(N(C)C(C)CSC)c1. The topological polar surface area (TPSA) is 38.5 Å². The Balaban J connectivity index is 3.14. The molecule has 1 aromatic rings. The van der Waals surface area contributed by atoms with Gasteiger partial charge in [0.05, 0.1) is 12.8 Å². The monoisotopic (exact) mass is 284 g/mol. The maximum absolute atomic E-state index is 5.78. The highest BCUT2D eigenvalue weighted by Gasteiger charge is 2.15. The molecular formula is C13H20N2OS2. The fourth-order valence-electron chi connectivity index (χ4n) is 1.73. The van der Waals surface area contributed by atoms with Gasteiger partial charge in [0, 0.05) is 30.5 Å². The van der Waals surface area contributed by atoms with Gasteiger partial charge in [0.15, 0.2) is 0 Å². The quantitative estimate of drug-likeness (QED) is 0.813. The third-order valence-electron chi connectivity index (χ3n) is 2.92. The second kappa shape index (κ2) is 6.85. The number of benzene rings is 1. The smallest absolute Gasteiger partial charge is 0.120 e. The second-order valence-corrected chi connectivity index (χ2v) is 5.51. The molecule has 0 aliphatic rings. The van der Waals surface area contributed by atoms with E-state index in [2.05, 4.69) is 25.1 Å². The number of methoxy groups -OCH3 is 1. The zero-order valence-corrected chi connectivity index (χ0v) is 12.9. The van der Waals surface area contributed by atoms with Crippen molar-refractivity contribution in [1.29, 1.82) is 0 Å². The number of hydrogen-bond donors (Lipinski definition) is 1. The molecule has 1 rings (SSSR count). The van der Waals surface area contributed by atoms with Crippen LogP contribution in [0.15, 0.2) is 18.2 Å². The predicted molar refractivity (Wildman–Crippen MR) is 85.1 cm³/mol. The standard InChI is InChI=1S/C13H20N2OS2/c1-9(8-18-4)15(2)12-7-10(16-3)5-6-11(12)13(14)17/h5-7,9H,8H2,1-4H3,(H2,14,17). The molecule has 2 N–H and O–H groups in total. The van der Waals surface area contributed by atoms with E-state index in [0.717, 1.165) is 22.8 Å². The summed E-state index contributed by atoms with van der Waals surface area (Å²) in [4.78, 5) is 2.60. The minimum absolute atomic E-state index is 0.403. The van der Waals surface area contributed by atoms with Crippen molar-refractivity contribution in [2.24, 2.45) is 5.73 Å². The first-order chi connectivity index (χ1) is 8.51. The first-order valence-corrected chi connectivity index (χ1v) is 7.51. The van der Waals surface area contributed by atoms with Gasteiger partial charge in [-0.25, -0.2) is 0 Å². The van der Waals surface area contributed by atoms with E-state index in [4.69, 9.17) is 22.7 Å². The third kappa shape index (κ3) is 3.53. The van der Waals surface area contributed by atoms with E-state index in [1.807, 2.05) is 30.0 Å². The summed E-state index contributed by atoms with van der Waals surface area (Å²) < 4.78 is 5.26. The predicted octanol–water partition coefficient (Wildman–Crippen LogP) is 2.52. The van der Waals surface area contributed by atoms with E-state index in [-0.39, 0.29) is 0 Å². The Morgan fingerprint density at radius 3 is 2.72 bits per heavy atom. The number of rotatable bonds is 6. The van der Waals surface area contributed by atoms with Crippen molar-refractivity contribution in [3.05, 3.63) is 23.8 Å². The van der Waals surface area contributed by atoms with Gasteiger partial charge in [-0.15, -0.1) is 0 Å². The summed E-state index contributed by atoms with van der Waals surface area (Å²) in [6.07, 6.45) is 2.10. The van der Waals surface area contributed by atoms with Crippen molar-refractivity contribution < 1.29 is 4.74 Å². The Bertz CT molecular complexity index is 423. The minimum Gasteiger partial charge on any atom is -0.497 e. The highest BCUT2D eigenvalue weighted by molar-refractivity contribution is 7.98. The Labute approximate surface area is 119 Å². The van der Waals surface area contributed by atoms with Crippen LogP contribution in [0.4, 0.5) is 5.69 Å². The largest absolute Gasteiger partial charge is 0.497 e. The first kappa shape index (κ1) is 15.1. The fraction of sp³-hybridized carbons (Fsp3) is 0.462. The van der Waals surface area contributed by atoms with Crippen LogP contribution in [-0.2, 0) is 0 Å². The molecule has 0 saturated heterocycles. The van der Waals surface area contributed by atoms with Gasteiger partial charge in [0.2, 0.25) is 0 Å². The Hall–Kier alpha value is -0.940. The average molecular weight is 284 g/mol. The molecule has 1 aromatic carbocycles. The van der Waals surface area contributed by atoms with Gasteiger partial charge < -0.3 is 15.4 Å². The molecule has 0 aromatic heterocycles. The average Bonchev–Trinajstić information content (AvgIpc) is 2.37. The number of thiocarbonyl (C=S) groups is 1. The summed E-state index contributed by atoms with van der Waals surface area (Å²) in [6, 6.07) is 6.18. The van der Waals surface area contributed by atoms with Gasteiger partial charge in [-0.3, -0.25) is 0 Å². The molecule has 18 heavy (non-hydrogen) atoms. The Morgan fingerprint density at radius 2 is 2.22 bits per heavy atom. The molecule has 0 amide bonds. The summed E-state index contributed by atoms with van der Waals surface area (Å²) >= 11 is 6.92. The van der Waals surface area contributed by atoms with Gasteiger partial charge in [-0.05, 0) is 25.3 Å². The molecular weight excluding hydrogens is 264 g/mol. The molecule has 0 spiro atoms. The molecule has 0 saturated carbocycles. The summed E-state index contributed by atoms with van der Waals surface area (Å²) in [5.41, 5.74) is 7.68. The molecule has 0 heterocycles. The van der Waals surface area contributed by atoms with Crippen LogP contribution in [0.1, 0.15) is 12.5 Å². The normalized spacial score (nSPS) is 12.0. The molecule has 1 atom stereocenters. The van der Waals surface area contributed by atoms with E-state index < -0.39 is 0 Å². The van der Waals surface area contributed by atoms with Gasteiger partial charge in [0.1, 0.15) is 10.7 Å². The van der Waals surface area contributed by atoms with Crippen molar-refractivity contribution in [1.82, 2.24) is 0 Å². The summed E-state index contributed by atoms with van der Waals surface area (Å²) in [7, 11) is 3.71. The lowest BCUT2D eigenvalue weighted by Crippen LogP contribution is -2.32. The number of thioether (sulfide) groups is 1. The van der Waals surface area contributed by atoms with Gasteiger partial charge in [-0.1, -0.05) is 12.2 Å². The van der Waals surface area contributed by atoms with Crippen molar-refractivity contribution in [2.45, 2.75) is 13.0 Å². The fourth-order valence-corrected chi connectivity index (χ4v) is 2.61. The summed E-state index contributed by atoms with van der Waals surface area (Å²) in [5.74, 6) is 1.86. The van der Waals surface area contributed by atoms with E-state index in [1.165, 1.54) is 0 Å². The molecule has 0 bridgehead atoms. The number of anilines is 1. The van der Waals surface area contributed by atoms with Crippen LogP contribution in [0.5, 0.6) is 5.75 Å². The Morgan fingerprint density at radius 1 is 1.56 bits per heavy atom. The number of nitrogens with two attached hydrogens (primary N) is 1. The number of ether oxygens (including phenoxy) is 1. The van der Waals surface area contributed by atoms with Crippen LogP contribution < -0.4 is 15.4 Å². The lowest BCUT2D eigenvalue weighted by molar-refractivity contribution is 0.414. The lowest BCUT2D eigenvalue weighted by atomic mass is 10.1. The zero-order chi connectivity index (χ0) is 13.7. The molecule has 0 fully saturated rings. The molecule has 0 aliphatic carbocycles. The van der Waals surface area contributed by atoms with Crippen molar-refractivity contribution >= 4 is 34.7 Å². The van der Waals surface area contributed by atoms with Gasteiger partial charge in [-0.2, -0.15) is 11.8 Å². The second-order valence-electron chi connectivity index (χ2n) is 4.16. The first-order valence-electron chi connectivity index (χ1n) is 5.70. The van der Waals surface area contributed by atoms with E-state index in [9.17, 15) is 0 Å². The maximum Gasteiger partial charge on any atom is 0.120 e. The van der Waals surface area contributed by atoms with Crippen molar-refractivity contribution in [3.63, 3.8) is 0 Å². The summed E-state index contributed by atoms with van der Waals surface area (Å²) in [5, 5.41) is 0. The van der Waals surface area contributed by atoms with Crippen LogP contribution >= 0.6 is 24.0 Å². The zero-order valence-electron chi connectivity index (χ0n) is 11.3. The van der Waals surface area contributed by atoms with Gasteiger partial charge in [0.25, 0.3) is 0 Å². The molecule has 5 heteroatoms. The molecule has 100 valence electrons. The molecule has 0 aliphatic heterocycles. The maximum atomic E-state index is 5.78. The van der Waals surface area contributed by atoms with E-state index in [0.29, 0.717) is 11.0 Å². The van der Waals surface area contributed by atoms with E-state index >= 15 is 0 Å². The highest BCUT2D eigenvalue weighted by atomic mass is 32.2. The van der Waals surface area contributed by atoms with Crippen LogP contribution in [0, 0.1) is 0 Å². The van der Waals surface area contributed by atoms with Gasteiger partial charge >= 0.3 is 0 Å². The van der Waals surface area contributed by atoms with Crippen LogP contribution in [-0.4, -0.2) is 37.2 Å². The third-order valence-corrected chi connectivity index (χ3v) is 3.96. The Kier molecular flexibility index (Phi) is 5.75. The summed E-state index contributed by atoms with van der Waals surface area (Å²) in [6.45, 7) is 2.18. The minimum atomic E-state index is 0.403. The van der Waals surface area contributed by atoms with Crippen LogP contribution in [0.2, 0.25) is 0 Å². The van der Waals surface area contributed by atoms with Crippen molar-refractivity contribution in [3.8, 4) is 5.75 Å². The van der Waals surface area contributed by atoms with Crippen molar-refractivity contribution in [2.75, 3.05) is 31.1 Å².